The van der Waals surface area contributed by atoms with Gasteiger partial charge in [-0.25, -0.2) is 0 Å². The third-order valence-electron chi connectivity index (χ3n) is 6.10. The summed E-state index contributed by atoms with van der Waals surface area (Å²) >= 11 is 0. The van der Waals surface area contributed by atoms with E-state index in [9.17, 15) is 0 Å². The predicted molar refractivity (Wildman–Crippen MR) is 134 cm³/mol. The zero-order valence-electron chi connectivity index (χ0n) is 21.0. The molecule has 2 nitrogen and oxygen atoms in total. The molecule has 4 N–H and O–H groups in total. The van der Waals surface area contributed by atoms with E-state index in [-0.39, 0.29) is 5.54 Å². The number of nitrogen functional groups attached to an aromatic ring is 1. The average molecular weight is 409 g/mol. The quantitative estimate of drug-likeness (QED) is 0.465. The van der Waals surface area contributed by atoms with Gasteiger partial charge in [-0.1, -0.05) is 79.7 Å². The minimum atomic E-state index is -0.353. The second kappa shape index (κ2) is 9.14. The highest BCUT2D eigenvalue weighted by Gasteiger charge is 2.26. The van der Waals surface area contributed by atoms with Gasteiger partial charge in [-0.05, 0) is 82.9 Å². The van der Waals surface area contributed by atoms with Crippen molar-refractivity contribution in [1.82, 2.24) is 0 Å². The molecule has 0 aliphatic rings. The Kier molecular flexibility index (Phi) is 7.45. The molecule has 0 aliphatic carbocycles. The maximum absolute atomic E-state index is 6.65. The van der Waals surface area contributed by atoms with E-state index in [1.165, 1.54) is 38.9 Å². The second-order valence-electron chi connectivity index (χ2n) is 10.9. The molecule has 2 heteroatoms. The van der Waals surface area contributed by atoms with Crippen molar-refractivity contribution in [2.24, 2.45) is 5.73 Å². The van der Waals surface area contributed by atoms with Crippen molar-refractivity contribution >= 4 is 5.69 Å². The molecule has 0 unspecified atom stereocenters. The lowest BCUT2D eigenvalue weighted by molar-refractivity contribution is 0.532. The molecule has 2 aromatic rings. The topological polar surface area (TPSA) is 52.0 Å². The van der Waals surface area contributed by atoms with Gasteiger partial charge in [0.15, 0.2) is 0 Å². The van der Waals surface area contributed by atoms with Gasteiger partial charge in [0.2, 0.25) is 0 Å². The first-order valence-electron chi connectivity index (χ1n) is 11.6. The molecular formula is C28H44N2. The molecule has 0 bridgehead atoms. The minimum Gasteiger partial charge on any atom is -0.398 e. The number of anilines is 1. The van der Waals surface area contributed by atoms with Gasteiger partial charge in [0, 0.05) is 11.2 Å². The van der Waals surface area contributed by atoms with E-state index in [1.807, 2.05) is 0 Å². The lowest BCUT2D eigenvalue weighted by Gasteiger charge is -2.30. The summed E-state index contributed by atoms with van der Waals surface area (Å²) in [5.74, 6) is 1.70. The molecule has 0 saturated heterocycles. The summed E-state index contributed by atoms with van der Waals surface area (Å²) in [6, 6.07) is 9.41. The SMILES string of the molecule is CC(C)c1cc(Cc2cc(C(C)C)c(C(C)(C)N)c(C(C)C)c2)cc(C(C)C)c1N. The zero-order chi connectivity index (χ0) is 23.0. The Hall–Kier alpha value is -1.80. The van der Waals surface area contributed by atoms with Gasteiger partial charge in [0.05, 0.1) is 0 Å². The van der Waals surface area contributed by atoms with Crippen molar-refractivity contribution in [3.05, 3.63) is 63.2 Å². The van der Waals surface area contributed by atoms with Crippen molar-refractivity contribution in [3.63, 3.8) is 0 Å². The Labute approximate surface area is 185 Å². The van der Waals surface area contributed by atoms with Crippen molar-refractivity contribution in [1.29, 1.82) is 0 Å². The first kappa shape index (κ1) is 24.5. The highest BCUT2D eigenvalue weighted by molar-refractivity contribution is 5.59. The van der Waals surface area contributed by atoms with Crippen molar-refractivity contribution in [3.8, 4) is 0 Å². The Morgan fingerprint density at radius 2 is 0.933 bits per heavy atom. The molecule has 0 atom stereocenters. The first-order chi connectivity index (χ1) is 13.7. The molecule has 0 spiro atoms. The molecule has 2 aromatic carbocycles. The molecule has 0 aromatic heterocycles. The molecule has 0 heterocycles. The van der Waals surface area contributed by atoms with Crippen LogP contribution in [0.25, 0.3) is 0 Å². The van der Waals surface area contributed by atoms with Gasteiger partial charge in [-0.15, -0.1) is 0 Å². The van der Waals surface area contributed by atoms with Gasteiger partial charge in [-0.2, -0.15) is 0 Å². The Bertz CT molecular complexity index is 822. The summed E-state index contributed by atoms with van der Waals surface area (Å²) in [6.07, 6.45) is 0.921. The molecule has 2 rings (SSSR count). The molecular weight excluding hydrogens is 364 g/mol. The van der Waals surface area contributed by atoms with Crippen molar-refractivity contribution < 1.29 is 0 Å². The minimum absolute atomic E-state index is 0.353. The number of hydrogen-bond acceptors (Lipinski definition) is 2. The molecule has 30 heavy (non-hydrogen) atoms. The summed E-state index contributed by atoms with van der Waals surface area (Å²) in [4.78, 5) is 0. The first-order valence-corrected chi connectivity index (χ1v) is 11.6. The fraction of sp³-hybridized carbons (Fsp3) is 0.571. The lowest BCUT2D eigenvalue weighted by Crippen LogP contribution is -2.32. The smallest absolute Gasteiger partial charge is 0.0384 e. The third-order valence-corrected chi connectivity index (χ3v) is 6.10. The predicted octanol–water partition coefficient (Wildman–Crippen LogP) is 7.55. The van der Waals surface area contributed by atoms with E-state index in [1.54, 1.807) is 0 Å². The van der Waals surface area contributed by atoms with Crippen molar-refractivity contribution in [2.75, 3.05) is 5.73 Å². The molecule has 0 saturated carbocycles. The summed E-state index contributed by atoms with van der Waals surface area (Å²) in [6.45, 7) is 22.3. The maximum Gasteiger partial charge on any atom is 0.0384 e. The summed E-state index contributed by atoms with van der Waals surface area (Å²) in [5, 5.41) is 0. The Morgan fingerprint density at radius 3 is 1.20 bits per heavy atom. The van der Waals surface area contributed by atoms with Crippen molar-refractivity contribution in [2.45, 2.75) is 105 Å². The monoisotopic (exact) mass is 408 g/mol. The standard InChI is InChI=1S/C28H44N2/c1-16(2)22-12-20(13-23(17(3)4)26(22)28(9,10)30)11-21-14-24(18(5)6)27(29)25(15-21)19(7)8/h12-19H,11,29-30H2,1-10H3. The Morgan fingerprint density at radius 1 is 0.633 bits per heavy atom. The van der Waals surface area contributed by atoms with E-state index in [0.29, 0.717) is 23.7 Å². The van der Waals surface area contributed by atoms with Gasteiger partial charge < -0.3 is 11.5 Å². The Balaban J connectivity index is 2.67. The molecule has 0 fully saturated rings. The number of benzene rings is 2. The third kappa shape index (κ3) is 5.27. The highest BCUT2D eigenvalue weighted by atomic mass is 14.7. The normalized spacial score (nSPS) is 12.6. The highest BCUT2D eigenvalue weighted by Crippen LogP contribution is 2.37. The van der Waals surface area contributed by atoms with Crippen LogP contribution in [-0.4, -0.2) is 0 Å². The lowest BCUT2D eigenvalue weighted by atomic mass is 9.78. The molecule has 0 amide bonds. The van der Waals surface area contributed by atoms with Gasteiger partial charge >= 0.3 is 0 Å². The van der Waals surface area contributed by atoms with E-state index in [2.05, 4.69) is 93.5 Å². The van der Waals surface area contributed by atoms with Crippen LogP contribution in [0.2, 0.25) is 0 Å². The van der Waals surface area contributed by atoms with Crippen LogP contribution in [0.15, 0.2) is 24.3 Å². The number of rotatable bonds is 7. The van der Waals surface area contributed by atoms with Gasteiger partial charge in [0.25, 0.3) is 0 Å². The van der Waals surface area contributed by atoms with Crippen LogP contribution < -0.4 is 11.5 Å². The zero-order valence-corrected chi connectivity index (χ0v) is 21.0. The van der Waals surface area contributed by atoms with E-state index >= 15 is 0 Å². The van der Waals surface area contributed by atoms with Crippen LogP contribution in [0.1, 0.15) is 132 Å². The van der Waals surface area contributed by atoms with Crippen LogP contribution in [0, 0.1) is 0 Å². The molecule has 0 aliphatic heterocycles. The van der Waals surface area contributed by atoms with Crippen LogP contribution in [-0.2, 0) is 12.0 Å². The average Bonchev–Trinajstić information content (AvgIpc) is 2.60. The van der Waals surface area contributed by atoms with Crippen LogP contribution >= 0.6 is 0 Å². The van der Waals surface area contributed by atoms with Crippen LogP contribution in [0.3, 0.4) is 0 Å². The molecule has 0 radical (unpaired) electrons. The largest absolute Gasteiger partial charge is 0.398 e. The van der Waals surface area contributed by atoms with E-state index < -0.39 is 0 Å². The summed E-state index contributed by atoms with van der Waals surface area (Å²) in [5.41, 5.74) is 23.1. The maximum atomic E-state index is 6.65. The second-order valence-corrected chi connectivity index (χ2v) is 10.9. The summed E-state index contributed by atoms with van der Waals surface area (Å²) in [7, 11) is 0. The molecule has 166 valence electrons. The van der Waals surface area contributed by atoms with Gasteiger partial charge in [0.1, 0.15) is 0 Å². The van der Waals surface area contributed by atoms with Crippen LogP contribution in [0.5, 0.6) is 0 Å². The summed E-state index contributed by atoms with van der Waals surface area (Å²) < 4.78 is 0. The van der Waals surface area contributed by atoms with Gasteiger partial charge in [-0.3, -0.25) is 0 Å². The number of hydrogen-bond donors (Lipinski definition) is 2. The fourth-order valence-electron chi connectivity index (χ4n) is 4.57. The van der Waals surface area contributed by atoms with E-state index in [0.717, 1.165) is 12.1 Å². The number of nitrogens with two attached hydrogens (primary N) is 2. The fourth-order valence-corrected chi connectivity index (χ4v) is 4.57. The van der Waals surface area contributed by atoms with Crippen LogP contribution in [0.4, 0.5) is 5.69 Å². The van der Waals surface area contributed by atoms with E-state index in [4.69, 9.17) is 11.5 Å².